The molecule has 2 N–H and O–H groups in total. The van der Waals surface area contributed by atoms with E-state index in [-0.39, 0.29) is 21.2 Å². The van der Waals surface area contributed by atoms with Crippen LogP contribution >= 0.6 is 23.2 Å². The zero-order chi connectivity index (χ0) is 21.0. The maximum Gasteiger partial charge on any atom is 0.261 e. The number of methoxy groups -OCH3 is 1. The summed E-state index contributed by atoms with van der Waals surface area (Å²) < 4.78 is 32.5. The van der Waals surface area contributed by atoms with Crippen LogP contribution in [0, 0.1) is 0 Å². The van der Waals surface area contributed by atoms with E-state index in [2.05, 4.69) is 10.0 Å². The molecule has 0 unspecified atom stereocenters. The number of benzene rings is 3. The summed E-state index contributed by atoms with van der Waals surface area (Å²) in [5.41, 5.74) is 1.04. The highest BCUT2D eigenvalue weighted by Crippen LogP contribution is 2.28. The fraction of sp³-hybridized carbons (Fsp3) is 0.0500. The Morgan fingerprint density at radius 3 is 2.24 bits per heavy atom. The number of carbonyl (C=O) groups excluding carboxylic acids is 1. The minimum atomic E-state index is -3.85. The maximum absolute atomic E-state index is 12.5. The summed E-state index contributed by atoms with van der Waals surface area (Å²) in [4.78, 5) is 12.4. The Kier molecular flexibility index (Phi) is 6.32. The molecule has 0 aliphatic carbocycles. The lowest BCUT2D eigenvalue weighted by Crippen LogP contribution is -2.15. The molecule has 0 bridgehead atoms. The van der Waals surface area contributed by atoms with Crippen molar-refractivity contribution in [2.24, 2.45) is 0 Å². The average Bonchev–Trinajstić information content (AvgIpc) is 2.70. The fourth-order valence-corrected chi connectivity index (χ4v) is 4.06. The lowest BCUT2D eigenvalue weighted by atomic mass is 10.2. The maximum atomic E-state index is 12.5. The average molecular weight is 451 g/mol. The first-order chi connectivity index (χ1) is 13.8. The van der Waals surface area contributed by atoms with Gasteiger partial charge in [0.25, 0.3) is 15.9 Å². The number of sulfonamides is 1. The van der Waals surface area contributed by atoms with Gasteiger partial charge in [-0.05, 0) is 54.6 Å². The summed E-state index contributed by atoms with van der Waals surface area (Å²) in [6.07, 6.45) is 0. The molecule has 3 aromatic carbocycles. The van der Waals surface area contributed by atoms with Gasteiger partial charge in [-0.3, -0.25) is 9.52 Å². The summed E-state index contributed by atoms with van der Waals surface area (Å²) in [7, 11) is -2.35. The molecule has 0 saturated carbocycles. The molecule has 0 radical (unpaired) electrons. The number of hydrogen-bond acceptors (Lipinski definition) is 4. The summed E-state index contributed by atoms with van der Waals surface area (Å²) in [5.74, 6) is 0.0829. The third-order valence-electron chi connectivity index (χ3n) is 3.95. The highest BCUT2D eigenvalue weighted by molar-refractivity contribution is 7.92. The molecule has 0 aliphatic rings. The first-order valence-electron chi connectivity index (χ1n) is 8.32. The minimum Gasteiger partial charge on any atom is -0.495 e. The lowest BCUT2D eigenvalue weighted by Gasteiger charge is -2.11. The Morgan fingerprint density at radius 2 is 1.62 bits per heavy atom. The van der Waals surface area contributed by atoms with E-state index in [9.17, 15) is 13.2 Å². The van der Waals surface area contributed by atoms with E-state index >= 15 is 0 Å². The molecule has 0 fully saturated rings. The molecule has 150 valence electrons. The first-order valence-corrected chi connectivity index (χ1v) is 10.6. The van der Waals surface area contributed by atoms with E-state index in [4.69, 9.17) is 27.9 Å². The summed E-state index contributed by atoms with van der Waals surface area (Å²) in [5, 5.41) is 3.34. The second kappa shape index (κ2) is 8.73. The number of rotatable bonds is 6. The van der Waals surface area contributed by atoms with Gasteiger partial charge in [0.05, 0.1) is 27.7 Å². The summed E-state index contributed by atoms with van der Waals surface area (Å²) >= 11 is 12.0. The molecular formula is C20H16Cl2N2O4S. The van der Waals surface area contributed by atoms with Gasteiger partial charge >= 0.3 is 0 Å². The third kappa shape index (κ3) is 5.00. The van der Waals surface area contributed by atoms with Crippen molar-refractivity contribution in [3.63, 3.8) is 0 Å². The molecule has 3 aromatic rings. The smallest absolute Gasteiger partial charge is 0.261 e. The zero-order valence-corrected chi connectivity index (χ0v) is 17.5. The van der Waals surface area contributed by atoms with Crippen molar-refractivity contribution in [3.05, 3.63) is 82.3 Å². The Hall–Kier alpha value is -2.74. The molecule has 1 amide bonds. The van der Waals surface area contributed by atoms with Gasteiger partial charge in [-0.2, -0.15) is 0 Å². The normalized spacial score (nSPS) is 11.0. The number of halogens is 2. The molecular weight excluding hydrogens is 435 g/mol. The molecule has 0 aromatic heterocycles. The van der Waals surface area contributed by atoms with Crippen molar-refractivity contribution in [2.45, 2.75) is 4.90 Å². The van der Waals surface area contributed by atoms with Gasteiger partial charge in [0.1, 0.15) is 5.75 Å². The van der Waals surface area contributed by atoms with E-state index in [0.717, 1.165) is 0 Å². The SMILES string of the molecule is COc1ccc(NC(=O)c2ccc(S(=O)(=O)Nc3ccccc3Cl)cc2)cc1Cl. The Labute approximate surface area is 178 Å². The predicted octanol–water partition coefficient (Wildman–Crippen LogP) is 5.06. The van der Waals surface area contributed by atoms with E-state index in [1.54, 1.807) is 42.5 Å². The molecule has 0 atom stereocenters. The lowest BCUT2D eigenvalue weighted by molar-refractivity contribution is 0.102. The summed E-state index contributed by atoms with van der Waals surface area (Å²) in [6.45, 7) is 0. The molecule has 0 saturated heterocycles. The van der Waals surface area contributed by atoms with Gasteiger partial charge < -0.3 is 10.1 Å². The second-order valence-electron chi connectivity index (χ2n) is 5.91. The van der Waals surface area contributed by atoms with Crippen molar-refractivity contribution in [2.75, 3.05) is 17.1 Å². The Balaban J connectivity index is 1.74. The van der Waals surface area contributed by atoms with E-state index in [1.165, 1.54) is 31.4 Å². The number of hydrogen-bond donors (Lipinski definition) is 2. The van der Waals surface area contributed by atoms with Gasteiger partial charge in [0, 0.05) is 11.3 Å². The molecule has 29 heavy (non-hydrogen) atoms. The quantitative estimate of drug-likeness (QED) is 0.549. The van der Waals surface area contributed by atoms with Crippen molar-refractivity contribution in [3.8, 4) is 5.75 Å². The van der Waals surface area contributed by atoms with E-state index in [1.807, 2.05) is 0 Å². The van der Waals surface area contributed by atoms with Crippen LogP contribution in [0.3, 0.4) is 0 Å². The molecule has 9 heteroatoms. The van der Waals surface area contributed by atoms with Gasteiger partial charge in [-0.25, -0.2) is 8.42 Å². The molecule has 6 nitrogen and oxygen atoms in total. The molecule has 0 aliphatic heterocycles. The number of anilines is 2. The fourth-order valence-electron chi connectivity index (χ4n) is 2.48. The van der Waals surface area contributed by atoms with Crippen LogP contribution in [0.25, 0.3) is 0 Å². The van der Waals surface area contributed by atoms with Crippen LogP contribution in [0.15, 0.2) is 71.6 Å². The predicted molar refractivity (Wildman–Crippen MR) is 115 cm³/mol. The van der Waals surface area contributed by atoms with E-state index in [0.29, 0.717) is 16.5 Å². The van der Waals surface area contributed by atoms with Gasteiger partial charge in [0.2, 0.25) is 0 Å². The van der Waals surface area contributed by atoms with Crippen molar-refractivity contribution in [1.29, 1.82) is 0 Å². The first kappa shape index (κ1) is 21.0. The van der Waals surface area contributed by atoms with Crippen LogP contribution in [0.5, 0.6) is 5.75 Å². The highest BCUT2D eigenvalue weighted by atomic mass is 35.5. The van der Waals surface area contributed by atoms with Crippen LogP contribution in [-0.2, 0) is 10.0 Å². The minimum absolute atomic E-state index is 0.00135. The number of ether oxygens (including phenoxy) is 1. The topological polar surface area (TPSA) is 84.5 Å². The van der Waals surface area contributed by atoms with E-state index < -0.39 is 15.9 Å². The number of nitrogens with one attached hydrogen (secondary N) is 2. The van der Waals surface area contributed by atoms with Crippen LogP contribution in [0.2, 0.25) is 10.0 Å². The number of para-hydroxylation sites is 1. The molecule has 0 heterocycles. The highest BCUT2D eigenvalue weighted by Gasteiger charge is 2.16. The Morgan fingerprint density at radius 1 is 0.931 bits per heavy atom. The van der Waals surface area contributed by atoms with Crippen LogP contribution in [0.1, 0.15) is 10.4 Å². The Bertz CT molecular complexity index is 1150. The zero-order valence-electron chi connectivity index (χ0n) is 15.1. The van der Waals surface area contributed by atoms with Crippen molar-refractivity contribution in [1.82, 2.24) is 0 Å². The van der Waals surface area contributed by atoms with Gasteiger partial charge in [-0.15, -0.1) is 0 Å². The largest absolute Gasteiger partial charge is 0.495 e. The van der Waals surface area contributed by atoms with Crippen LogP contribution < -0.4 is 14.8 Å². The van der Waals surface area contributed by atoms with Crippen molar-refractivity contribution >= 4 is 50.5 Å². The van der Waals surface area contributed by atoms with Gasteiger partial charge in [-0.1, -0.05) is 35.3 Å². The molecule has 3 rings (SSSR count). The van der Waals surface area contributed by atoms with Crippen LogP contribution in [-0.4, -0.2) is 21.4 Å². The summed E-state index contributed by atoms with van der Waals surface area (Å²) in [6, 6.07) is 16.9. The monoisotopic (exact) mass is 450 g/mol. The number of amides is 1. The number of carbonyl (C=O) groups is 1. The van der Waals surface area contributed by atoms with Crippen LogP contribution in [0.4, 0.5) is 11.4 Å². The van der Waals surface area contributed by atoms with Crippen molar-refractivity contribution < 1.29 is 17.9 Å². The second-order valence-corrected chi connectivity index (χ2v) is 8.41. The third-order valence-corrected chi connectivity index (χ3v) is 5.96. The van der Waals surface area contributed by atoms with Gasteiger partial charge in [0.15, 0.2) is 0 Å². The standard InChI is InChI=1S/C20H16Cl2N2O4S/c1-28-19-11-8-14(12-17(19)22)23-20(25)13-6-9-15(10-7-13)29(26,27)24-18-5-3-2-4-16(18)21/h2-12,24H,1H3,(H,23,25). The molecule has 0 spiro atoms.